The van der Waals surface area contributed by atoms with Crippen molar-refractivity contribution in [2.24, 2.45) is 5.41 Å². The Morgan fingerprint density at radius 1 is 1.60 bits per heavy atom. The Morgan fingerprint density at radius 2 is 2.40 bits per heavy atom. The van der Waals surface area contributed by atoms with Gasteiger partial charge in [-0.1, -0.05) is 13.8 Å². The first-order chi connectivity index (χ1) is 7.07. The quantitative estimate of drug-likeness (QED) is 0.828. The standard InChI is InChI=1S/C12H20N2S/c1-12(2)5-3-9(7-12)14-8-11-10(13)4-6-15-11/h4,6,9,14H,3,5,7-8,13H2,1-2H3. The Morgan fingerprint density at radius 3 is 2.93 bits per heavy atom. The van der Waals surface area contributed by atoms with Crippen molar-refractivity contribution < 1.29 is 0 Å². The van der Waals surface area contributed by atoms with Crippen molar-refractivity contribution in [3.05, 3.63) is 16.3 Å². The van der Waals surface area contributed by atoms with Crippen LogP contribution < -0.4 is 11.1 Å². The van der Waals surface area contributed by atoms with E-state index in [4.69, 9.17) is 5.73 Å². The Kier molecular flexibility index (Phi) is 3.03. The molecule has 3 heteroatoms. The maximum Gasteiger partial charge on any atom is 0.0468 e. The molecule has 0 radical (unpaired) electrons. The summed E-state index contributed by atoms with van der Waals surface area (Å²) in [6.45, 7) is 5.65. The predicted molar refractivity (Wildman–Crippen MR) is 67.0 cm³/mol. The zero-order valence-corrected chi connectivity index (χ0v) is 10.4. The number of nitrogens with two attached hydrogens (primary N) is 1. The smallest absolute Gasteiger partial charge is 0.0468 e. The molecule has 3 N–H and O–H groups in total. The van der Waals surface area contributed by atoms with Gasteiger partial charge in [0.2, 0.25) is 0 Å². The van der Waals surface area contributed by atoms with Gasteiger partial charge in [0.1, 0.15) is 0 Å². The Balaban J connectivity index is 1.83. The molecule has 1 fully saturated rings. The van der Waals surface area contributed by atoms with Gasteiger partial charge in [0, 0.05) is 23.2 Å². The second-order valence-corrected chi connectivity index (χ2v) is 6.28. The van der Waals surface area contributed by atoms with Crippen molar-refractivity contribution in [2.75, 3.05) is 5.73 Å². The van der Waals surface area contributed by atoms with E-state index < -0.39 is 0 Å². The second-order valence-electron chi connectivity index (χ2n) is 5.28. The van der Waals surface area contributed by atoms with Crippen LogP contribution in [0, 0.1) is 5.41 Å². The van der Waals surface area contributed by atoms with Crippen molar-refractivity contribution in [3.63, 3.8) is 0 Å². The topological polar surface area (TPSA) is 38.0 Å². The second kappa shape index (κ2) is 4.14. The van der Waals surface area contributed by atoms with Crippen LogP contribution in [-0.2, 0) is 6.54 Å². The third-order valence-corrected chi connectivity index (χ3v) is 4.24. The van der Waals surface area contributed by atoms with Gasteiger partial charge in [-0.2, -0.15) is 0 Å². The average molecular weight is 224 g/mol. The highest BCUT2D eigenvalue weighted by molar-refractivity contribution is 7.10. The highest BCUT2D eigenvalue weighted by atomic mass is 32.1. The van der Waals surface area contributed by atoms with Crippen LogP contribution in [-0.4, -0.2) is 6.04 Å². The summed E-state index contributed by atoms with van der Waals surface area (Å²) in [5, 5.41) is 5.67. The van der Waals surface area contributed by atoms with Gasteiger partial charge in [0.15, 0.2) is 0 Å². The van der Waals surface area contributed by atoms with Crippen molar-refractivity contribution in [2.45, 2.75) is 45.7 Å². The molecule has 2 nitrogen and oxygen atoms in total. The highest BCUT2D eigenvalue weighted by Crippen LogP contribution is 2.37. The molecule has 0 saturated heterocycles. The molecule has 15 heavy (non-hydrogen) atoms. The summed E-state index contributed by atoms with van der Waals surface area (Å²) in [6.07, 6.45) is 3.93. The van der Waals surface area contributed by atoms with Crippen molar-refractivity contribution >= 4 is 17.0 Å². The van der Waals surface area contributed by atoms with Crippen molar-refractivity contribution in [1.82, 2.24) is 5.32 Å². The molecule has 1 heterocycles. The van der Waals surface area contributed by atoms with E-state index in [0.29, 0.717) is 11.5 Å². The molecule has 1 saturated carbocycles. The van der Waals surface area contributed by atoms with Gasteiger partial charge in [-0.25, -0.2) is 0 Å². The number of hydrogen-bond acceptors (Lipinski definition) is 3. The maximum absolute atomic E-state index is 5.85. The molecule has 0 bridgehead atoms. The van der Waals surface area contributed by atoms with Crippen LogP contribution in [0.25, 0.3) is 0 Å². The molecular formula is C12H20N2S. The fourth-order valence-corrected chi connectivity index (χ4v) is 3.09. The molecule has 0 aromatic carbocycles. The number of hydrogen-bond donors (Lipinski definition) is 2. The molecule has 0 aliphatic heterocycles. The Hall–Kier alpha value is -0.540. The first kappa shape index (κ1) is 11.0. The zero-order chi connectivity index (χ0) is 10.9. The first-order valence-corrected chi connectivity index (χ1v) is 6.50. The lowest BCUT2D eigenvalue weighted by Gasteiger charge is -2.17. The number of rotatable bonds is 3. The van der Waals surface area contributed by atoms with Crippen LogP contribution in [0.1, 0.15) is 38.0 Å². The third kappa shape index (κ3) is 2.73. The SMILES string of the molecule is CC1(C)CCC(NCc2sccc2N)C1. The summed E-state index contributed by atoms with van der Waals surface area (Å²) < 4.78 is 0. The molecule has 1 unspecified atom stereocenters. The lowest BCUT2D eigenvalue weighted by atomic mass is 9.92. The number of anilines is 1. The summed E-state index contributed by atoms with van der Waals surface area (Å²) in [5.74, 6) is 0. The molecular weight excluding hydrogens is 204 g/mol. The van der Waals surface area contributed by atoms with E-state index in [1.54, 1.807) is 11.3 Å². The van der Waals surface area contributed by atoms with Gasteiger partial charge >= 0.3 is 0 Å². The zero-order valence-electron chi connectivity index (χ0n) is 9.55. The fourth-order valence-electron chi connectivity index (χ4n) is 2.34. The van der Waals surface area contributed by atoms with Crippen LogP contribution in [0.2, 0.25) is 0 Å². The van der Waals surface area contributed by atoms with E-state index in [-0.39, 0.29) is 0 Å². The van der Waals surface area contributed by atoms with Gasteiger partial charge in [-0.15, -0.1) is 11.3 Å². The van der Waals surface area contributed by atoms with Crippen LogP contribution in [0.4, 0.5) is 5.69 Å². The monoisotopic (exact) mass is 224 g/mol. The van der Waals surface area contributed by atoms with E-state index in [1.165, 1.54) is 24.1 Å². The minimum atomic E-state index is 0.526. The lowest BCUT2D eigenvalue weighted by molar-refractivity contribution is 0.364. The largest absolute Gasteiger partial charge is 0.398 e. The summed E-state index contributed by atoms with van der Waals surface area (Å²) in [5.41, 5.74) is 7.31. The van der Waals surface area contributed by atoms with Gasteiger partial charge in [-0.05, 0) is 36.1 Å². The molecule has 0 amide bonds. The van der Waals surface area contributed by atoms with Crippen LogP contribution in [0.15, 0.2) is 11.4 Å². The predicted octanol–water partition coefficient (Wildman–Crippen LogP) is 3.00. The summed E-state index contributed by atoms with van der Waals surface area (Å²) in [7, 11) is 0. The third-order valence-electron chi connectivity index (χ3n) is 3.30. The highest BCUT2D eigenvalue weighted by Gasteiger charge is 2.30. The molecule has 1 aliphatic rings. The molecule has 84 valence electrons. The van der Waals surface area contributed by atoms with E-state index in [9.17, 15) is 0 Å². The van der Waals surface area contributed by atoms with Gasteiger partial charge in [0.25, 0.3) is 0 Å². The molecule has 1 aromatic heterocycles. The van der Waals surface area contributed by atoms with Gasteiger partial charge < -0.3 is 11.1 Å². The molecule has 1 atom stereocenters. The average Bonchev–Trinajstić information content (AvgIpc) is 2.69. The minimum absolute atomic E-state index is 0.526. The van der Waals surface area contributed by atoms with Crippen molar-refractivity contribution in [3.8, 4) is 0 Å². The number of thiophene rings is 1. The summed E-state index contributed by atoms with van der Waals surface area (Å²) in [4.78, 5) is 1.28. The lowest BCUT2D eigenvalue weighted by Crippen LogP contribution is -2.26. The van der Waals surface area contributed by atoms with Crippen LogP contribution in [0.3, 0.4) is 0 Å². The Labute approximate surface area is 95.9 Å². The van der Waals surface area contributed by atoms with E-state index in [2.05, 4.69) is 24.5 Å². The van der Waals surface area contributed by atoms with Crippen molar-refractivity contribution in [1.29, 1.82) is 0 Å². The molecule has 0 spiro atoms. The van der Waals surface area contributed by atoms with Crippen LogP contribution in [0.5, 0.6) is 0 Å². The molecule has 1 aromatic rings. The van der Waals surface area contributed by atoms with E-state index in [1.807, 2.05) is 6.07 Å². The molecule has 2 rings (SSSR count). The van der Waals surface area contributed by atoms with E-state index in [0.717, 1.165) is 12.2 Å². The normalized spacial score (nSPS) is 24.5. The van der Waals surface area contributed by atoms with Gasteiger partial charge in [0.05, 0.1) is 0 Å². The fraction of sp³-hybridized carbons (Fsp3) is 0.667. The van der Waals surface area contributed by atoms with Crippen LogP contribution >= 0.6 is 11.3 Å². The summed E-state index contributed by atoms with van der Waals surface area (Å²) >= 11 is 1.75. The Bertz CT molecular complexity index is 330. The first-order valence-electron chi connectivity index (χ1n) is 5.62. The minimum Gasteiger partial charge on any atom is -0.398 e. The van der Waals surface area contributed by atoms with Gasteiger partial charge in [-0.3, -0.25) is 0 Å². The summed E-state index contributed by atoms with van der Waals surface area (Å²) in [6, 6.07) is 2.67. The molecule has 1 aliphatic carbocycles. The maximum atomic E-state index is 5.85. The van der Waals surface area contributed by atoms with E-state index >= 15 is 0 Å². The number of nitrogen functional groups attached to an aromatic ring is 1. The number of nitrogens with one attached hydrogen (secondary N) is 1.